The Kier molecular flexibility index (Phi) is 3.14. The lowest BCUT2D eigenvalue weighted by Crippen LogP contribution is -2.01. The molecule has 17 heavy (non-hydrogen) atoms. The Morgan fingerprint density at radius 2 is 1.94 bits per heavy atom. The van der Waals surface area contributed by atoms with Crippen molar-refractivity contribution in [3.05, 3.63) is 47.5 Å². The monoisotopic (exact) mass is 228 g/mol. The molecule has 0 amide bonds. The predicted molar refractivity (Wildman–Crippen MR) is 69.4 cm³/mol. The van der Waals surface area contributed by atoms with Crippen LogP contribution in [0.25, 0.3) is 10.8 Å². The molecule has 0 saturated carbocycles. The molecule has 0 unspecified atom stereocenters. The normalized spacial score (nSPS) is 11.0. The maximum Gasteiger partial charge on any atom is 0.335 e. The summed E-state index contributed by atoms with van der Waals surface area (Å²) >= 11 is 0. The van der Waals surface area contributed by atoms with Crippen LogP contribution in [0.2, 0.25) is 0 Å². The van der Waals surface area contributed by atoms with Crippen LogP contribution in [0, 0.1) is 5.92 Å². The van der Waals surface area contributed by atoms with Crippen LogP contribution >= 0.6 is 0 Å². The van der Waals surface area contributed by atoms with Crippen LogP contribution in [0.15, 0.2) is 36.4 Å². The molecule has 0 fully saturated rings. The van der Waals surface area contributed by atoms with Crippen molar-refractivity contribution < 1.29 is 9.90 Å². The summed E-state index contributed by atoms with van der Waals surface area (Å²) in [5.74, 6) is -0.344. The highest BCUT2D eigenvalue weighted by molar-refractivity contribution is 5.96. The van der Waals surface area contributed by atoms with Crippen LogP contribution in [0.3, 0.4) is 0 Å². The van der Waals surface area contributed by atoms with E-state index in [-0.39, 0.29) is 0 Å². The number of hydrogen-bond donors (Lipinski definition) is 1. The van der Waals surface area contributed by atoms with E-state index < -0.39 is 5.97 Å². The minimum atomic E-state index is -0.860. The van der Waals surface area contributed by atoms with Crippen molar-refractivity contribution in [2.45, 2.75) is 20.3 Å². The number of hydrogen-bond acceptors (Lipinski definition) is 1. The van der Waals surface area contributed by atoms with Crippen LogP contribution in [0.1, 0.15) is 29.8 Å². The lowest BCUT2D eigenvalue weighted by Gasteiger charge is -2.10. The summed E-state index contributed by atoms with van der Waals surface area (Å²) in [6.07, 6.45) is 0.904. The first kappa shape index (κ1) is 11.6. The maximum atomic E-state index is 11.1. The molecule has 2 aromatic rings. The van der Waals surface area contributed by atoms with Gasteiger partial charge in [-0.3, -0.25) is 0 Å². The van der Waals surface area contributed by atoms with Gasteiger partial charge in [0.2, 0.25) is 0 Å². The zero-order valence-corrected chi connectivity index (χ0v) is 10.1. The van der Waals surface area contributed by atoms with Gasteiger partial charge < -0.3 is 5.11 Å². The maximum absolute atomic E-state index is 11.1. The van der Waals surface area contributed by atoms with E-state index in [0.717, 1.165) is 22.8 Å². The van der Waals surface area contributed by atoms with Crippen molar-refractivity contribution in [2.75, 3.05) is 0 Å². The first-order valence-electron chi connectivity index (χ1n) is 5.83. The fourth-order valence-corrected chi connectivity index (χ4v) is 2.12. The lowest BCUT2D eigenvalue weighted by molar-refractivity contribution is 0.0697. The first-order chi connectivity index (χ1) is 8.08. The van der Waals surface area contributed by atoms with Gasteiger partial charge in [-0.15, -0.1) is 0 Å². The van der Waals surface area contributed by atoms with Crippen molar-refractivity contribution in [3.8, 4) is 0 Å². The molecule has 0 radical (unpaired) electrons. The van der Waals surface area contributed by atoms with Gasteiger partial charge in [0.1, 0.15) is 0 Å². The molecule has 2 nitrogen and oxygen atoms in total. The Labute approximate surface area is 101 Å². The van der Waals surface area contributed by atoms with E-state index in [1.165, 1.54) is 0 Å². The summed E-state index contributed by atoms with van der Waals surface area (Å²) in [5, 5.41) is 11.3. The largest absolute Gasteiger partial charge is 0.478 e. The smallest absolute Gasteiger partial charge is 0.335 e. The van der Waals surface area contributed by atoms with Crippen LogP contribution in [-0.4, -0.2) is 11.1 Å². The number of carbonyl (C=O) groups is 1. The van der Waals surface area contributed by atoms with Gasteiger partial charge in [-0.2, -0.15) is 0 Å². The first-order valence-corrected chi connectivity index (χ1v) is 5.83. The number of fused-ring (bicyclic) bond motifs is 1. The van der Waals surface area contributed by atoms with Gasteiger partial charge in [-0.05, 0) is 40.8 Å². The van der Waals surface area contributed by atoms with E-state index in [4.69, 9.17) is 5.11 Å². The molecule has 88 valence electrons. The molecule has 0 aliphatic rings. The SMILES string of the molecule is CC(C)Cc1cc(C(=O)O)cc2ccccc12. The van der Waals surface area contributed by atoms with E-state index in [2.05, 4.69) is 19.9 Å². The van der Waals surface area contributed by atoms with Crippen molar-refractivity contribution in [1.82, 2.24) is 0 Å². The van der Waals surface area contributed by atoms with Crippen LogP contribution in [0.5, 0.6) is 0 Å². The molecule has 0 bridgehead atoms. The fraction of sp³-hybridized carbons (Fsp3) is 0.267. The predicted octanol–water partition coefficient (Wildman–Crippen LogP) is 3.74. The summed E-state index contributed by atoms with van der Waals surface area (Å²) in [6, 6.07) is 11.5. The fourth-order valence-electron chi connectivity index (χ4n) is 2.12. The summed E-state index contributed by atoms with van der Waals surface area (Å²) in [5.41, 5.74) is 1.50. The lowest BCUT2D eigenvalue weighted by atomic mass is 9.95. The quantitative estimate of drug-likeness (QED) is 0.869. The summed E-state index contributed by atoms with van der Waals surface area (Å²) in [6.45, 7) is 4.28. The molecule has 0 aliphatic heterocycles. The van der Waals surface area contributed by atoms with Crippen molar-refractivity contribution in [2.24, 2.45) is 5.92 Å². The molecule has 2 aromatic carbocycles. The van der Waals surface area contributed by atoms with Gasteiger partial charge >= 0.3 is 5.97 Å². The number of rotatable bonds is 3. The molecule has 0 atom stereocenters. The highest BCUT2D eigenvalue weighted by Crippen LogP contribution is 2.23. The van der Waals surface area contributed by atoms with Gasteiger partial charge in [0.15, 0.2) is 0 Å². The average Bonchev–Trinajstić information content (AvgIpc) is 2.28. The standard InChI is InChI=1S/C15H16O2/c1-10(2)7-12-9-13(15(16)17)8-11-5-3-4-6-14(11)12/h3-6,8-10H,7H2,1-2H3,(H,16,17). The third kappa shape index (κ3) is 2.47. The second-order valence-electron chi connectivity index (χ2n) is 4.76. The third-order valence-corrected chi connectivity index (χ3v) is 2.82. The molecule has 0 heterocycles. The topological polar surface area (TPSA) is 37.3 Å². The Hall–Kier alpha value is -1.83. The highest BCUT2D eigenvalue weighted by Gasteiger charge is 2.09. The molecule has 2 rings (SSSR count). The zero-order valence-electron chi connectivity index (χ0n) is 10.1. The van der Waals surface area contributed by atoms with Crippen LogP contribution in [0.4, 0.5) is 0 Å². The van der Waals surface area contributed by atoms with Gasteiger partial charge in [-0.25, -0.2) is 4.79 Å². The summed E-state index contributed by atoms with van der Waals surface area (Å²) in [4.78, 5) is 11.1. The molecular weight excluding hydrogens is 212 g/mol. The Balaban J connectivity index is 2.64. The zero-order chi connectivity index (χ0) is 12.4. The number of carboxylic acid groups (broad SMARTS) is 1. The highest BCUT2D eigenvalue weighted by atomic mass is 16.4. The molecule has 0 aliphatic carbocycles. The van der Waals surface area contributed by atoms with E-state index in [1.54, 1.807) is 12.1 Å². The van der Waals surface area contributed by atoms with Gasteiger partial charge in [-0.1, -0.05) is 38.1 Å². The molecule has 0 saturated heterocycles. The minimum absolute atomic E-state index is 0.374. The van der Waals surface area contributed by atoms with Crippen molar-refractivity contribution >= 4 is 16.7 Å². The number of carboxylic acids is 1. The molecule has 2 heteroatoms. The summed E-state index contributed by atoms with van der Waals surface area (Å²) < 4.78 is 0. The second kappa shape index (κ2) is 4.58. The van der Waals surface area contributed by atoms with Gasteiger partial charge in [0, 0.05) is 0 Å². The van der Waals surface area contributed by atoms with Crippen molar-refractivity contribution in [3.63, 3.8) is 0 Å². The molecule has 0 aromatic heterocycles. The Morgan fingerprint density at radius 3 is 2.59 bits per heavy atom. The van der Waals surface area contributed by atoms with E-state index in [1.807, 2.05) is 18.2 Å². The summed E-state index contributed by atoms with van der Waals surface area (Å²) in [7, 11) is 0. The molecule has 1 N–H and O–H groups in total. The van der Waals surface area contributed by atoms with Gasteiger partial charge in [0.05, 0.1) is 5.56 Å². The van der Waals surface area contributed by atoms with Crippen LogP contribution in [-0.2, 0) is 6.42 Å². The number of aromatic carboxylic acids is 1. The second-order valence-corrected chi connectivity index (χ2v) is 4.76. The van der Waals surface area contributed by atoms with Crippen LogP contribution < -0.4 is 0 Å². The van der Waals surface area contributed by atoms with E-state index in [0.29, 0.717) is 11.5 Å². The Morgan fingerprint density at radius 1 is 1.24 bits per heavy atom. The average molecular weight is 228 g/mol. The number of benzene rings is 2. The molecule has 0 spiro atoms. The van der Waals surface area contributed by atoms with E-state index in [9.17, 15) is 4.79 Å². The Bertz CT molecular complexity index is 556. The third-order valence-electron chi connectivity index (χ3n) is 2.82. The van der Waals surface area contributed by atoms with Gasteiger partial charge in [0.25, 0.3) is 0 Å². The molecular formula is C15H16O2. The minimum Gasteiger partial charge on any atom is -0.478 e. The van der Waals surface area contributed by atoms with E-state index >= 15 is 0 Å². The van der Waals surface area contributed by atoms with Crippen molar-refractivity contribution in [1.29, 1.82) is 0 Å².